The summed E-state index contributed by atoms with van der Waals surface area (Å²) in [5.41, 5.74) is 8.28. The van der Waals surface area contributed by atoms with Crippen molar-refractivity contribution in [3.8, 4) is 0 Å². The maximum Gasteiger partial charge on any atom is 0.252 e. The number of nitrogens with one attached hydrogen (secondary N) is 1. The predicted octanol–water partition coefficient (Wildman–Crippen LogP) is 4.69. The Morgan fingerprint density at radius 3 is 2.23 bits per heavy atom. The quantitative estimate of drug-likeness (QED) is 0.796. The third-order valence-electron chi connectivity index (χ3n) is 7.48. The Labute approximate surface area is 157 Å². The summed E-state index contributed by atoms with van der Waals surface area (Å²) in [6, 6.07) is 2.22. The van der Waals surface area contributed by atoms with Crippen LogP contribution in [-0.4, -0.2) is 23.7 Å². The van der Waals surface area contributed by atoms with Crippen LogP contribution >= 0.6 is 0 Å². The zero-order valence-corrected chi connectivity index (χ0v) is 16.8. The van der Waals surface area contributed by atoms with Crippen LogP contribution in [0.15, 0.2) is 11.6 Å². The van der Waals surface area contributed by atoms with Crippen LogP contribution in [0.1, 0.15) is 73.3 Å². The molecule has 2 spiro atoms. The fourth-order valence-corrected chi connectivity index (χ4v) is 5.53. The first-order valence-electron chi connectivity index (χ1n) is 10.0. The lowest BCUT2D eigenvalue weighted by atomic mass is 9.70. The lowest BCUT2D eigenvalue weighted by molar-refractivity contribution is -0.117. The van der Waals surface area contributed by atoms with Crippen LogP contribution in [0.4, 0.5) is 0 Å². The number of amides is 1. The molecule has 2 heterocycles. The molecule has 0 atom stereocenters. The Morgan fingerprint density at radius 1 is 0.923 bits per heavy atom. The van der Waals surface area contributed by atoms with E-state index in [0.29, 0.717) is 0 Å². The summed E-state index contributed by atoms with van der Waals surface area (Å²) in [7, 11) is 0. The van der Waals surface area contributed by atoms with Gasteiger partial charge in [0.15, 0.2) is 0 Å². The largest absolute Gasteiger partial charge is 0.375 e. The zero-order chi connectivity index (χ0) is 18.7. The second-order valence-corrected chi connectivity index (χ2v) is 8.81. The number of aryl methyl sites for hydroxylation is 2. The molecule has 1 aromatic carbocycles. The van der Waals surface area contributed by atoms with E-state index in [1.807, 2.05) is 0 Å². The van der Waals surface area contributed by atoms with E-state index in [4.69, 9.17) is 4.74 Å². The second kappa shape index (κ2) is 5.95. The Bertz CT molecular complexity index is 802. The number of hydrogen-bond donors (Lipinski definition) is 1. The normalized spacial score (nSPS) is 31.3. The molecule has 140 valence electrons. The van der Waals surface area contributed by atoms with Gasteiger partial charge in [-0.2, -0.15) is 0 Å². The molecule has 1 aliphatic carbocycles. The third kappa shape index (κ3) is 2.47. The van der Waals surface area contributed by atoms with E-state index in [-0.39, 0.29) is 17.0 Å². The number of carbonyl (C=O) groups excluding carboxylic acids is 1. The first-order chi connectivity index (χ1) is 12.3. The molecule has 2 aliphatic heterocycles. The minimum Gasteiger partial charge on any atom is -0.375 e. The van der Waals surface area contributed by atoms with E-state index in [9.17, 15) is 4.79 Å². The third-order valence-corrected chi connectivity index (χ3v) is 7.48. The van der Waals surface area contributed by atoms with E-state index in [1.165, 1.54) is 40.7 Å². The summed E-state index contributed by atoms with van der Waals surface area (Å²) in [4.78, 5) is 13.1. The molecular formula is C23H31NO2. The van der Waals surface area contributed by atoms with Gasteiger partial charge in [0.25, 0.3) is 5.91 Å². The van der Waals surface area contributed by atoms with E-state index in [2.05, 4.69) is 46.0 Å². The number of rotatable bonds is 1. The number of ether oxygens (including phenoxy) is 1. The average Bonchev–Trinajstić information content (AvgIpc) is 3.15. The highest BCUT2D eigenvalue weighted by molar-refractivity contribution is 6.24. The Hall–Kier alpha value is -1.61. The molecule has 1 saturated carbocycles. The molecule has 0 aromatic heterocycles. The summed E-state index contributed by atoms with van der Waals surface area (Å²) in [5.74, 6) is 0.111. The molecule has 1 amide bonds. The van der Waals surface area contributed by atoms with Gasteiger partial charge in [0.05, 0.1) is 11.1 Å². The van der Waals surface area contributed by atoms with Gasteiger partial charge in [-0.15, -0.1) is 0 Å². The van der Waals surface area contributed by atoms with Gasteiger partial charge in [-0.1, -0.05) is 6.07 Å². The van der Waals surface area contributed by atoms with Gasteiger partial charge < -0.3 is 10.1 Å². The Kier molecular flexibility index (Phi) is 4.07. The van der Waals surface area contributed by atoms with Crippen molar-refractivity contribution in [2.75, 3.05) is 6.61 Å². The van der Waals surface area contributed by atoms with Gasteiger partial charge >= 0.3 is 0 Å². The van der Waals surface area contributed by atoms with Gasteiger partial charge in [-0.3, -0.25) is 4.79 Å². The highest BCUT2D eigenvalue weighted by atomic mass is 16.5. The molecule has 0 unspecified atom stereocenters. The molecule has 3 heteroatoms. The minimum absolute atomic E-state index is 0.0886. The van der Waals surface area contributed by atoms with Crippen LogP contribution in [0.3, 0.4) is 0 Å². The van der Waals surface area contributed by atoms with Crippen molar-refractivity contribution in [2.24, 2.45) is 0 Å². The molecule has 1 N–H and O–H groups in total. The number of benzene rings is 1. The van der Waals surface area contributed by atoms with Crippen LogP contribution in [-0.2, 0) is 9.53 Å². The Morgan fingerprint density at radius 2 is 1.62 bits per heavy atom. The number of hydrogen-bond acceptors (Lipinski definition) is 2. The van der Waals surface area contributed by atoms with Crippen molar-refractivity contribution in [3.05, 3.63) is 39.5 Å². The molecule has 2 fully saturated rings. The van der Waals surface area contributed by atoms with Crippen molar-refractivity contribution in [2.45, 2.75) is 84.3 Å². The lowest BCUT2D eigenvalue weighted by Crippen LogP contribution is -2.50. The van der Waals surface area contributed by atoms with E-state index in [0.717, 1.165) is 43.4 Å². The van der Waals surface area contributed by atoms with Gasteiger partial charge in [-0.25, -0.2) is 0 Å². The fraction of sp³-hybridized carbons (Fsp3) is 0.609. The van der Waals surface area contributed by atoms with Crippen LogP contribution in [0.2, 0.25) is 0 Å². The van der Waals surface area contributed by atoms with Crippen molar-refractivity contribution >= 4 is 11.5 Å². The monoisotopic (exact) mass is 353 g/mol. The van der Waals surface area contributed by atoms with Crippen molar-refractivity contribution < 1.29 is 9.53 Å². The summed E-state index contributed by atoms with van der Waals surface area (Å²) in [6.07, 6.45) is 6.47. The predicted molar refractivity (Wildman–Crippen MR) is 105 cm³/mol. The highest BCUT2D eigenvalue weighted by Crippen LogP contribution is 2.49. The van der Waals surface area contributed by atoms with E-state index in [1.54, 1.807) is 0 Å². The average molecular weight is 354 g/mol. The van der Waals surface area contributed by atoms with Crippen LogP contribution < -0.4 is 5.32 Å². The van der Waals surface area contributed by atoms with Gasteiger partial charge in [0.1, 0.15) is 0 Å². The fourth-order valence-electron chi connectivity index (χ4n) is 5.53. The maximum absolute atomic E-state index is 13.1. The molecule has 0 radical (unpaired) electrons. The molecule has 1 saturated heterocycles. The van der Waals surface area contributed by atoms with Crippen LogP contribution in [0.5, 0.6) is 0 Å². The Balaban J connectivity index is 1.74. The highest BCUT2D eigenvalue weighted by Gasteiger charge is 2.50. The minimum atomic E-state index is -0.165. The first-order valence-corrected chi connectivity index (χ1v) is 10.0. The second-order valence-electron chi connectivity index (χ2n) is 8.81. The molecule has 26 heavy (non-hydrogen) atoms. The summed E-state index contributed by atoms with van der Waals surface area (Å²) in [5, 5.41) is 3.39. The van der Waals surface area contributed by atoms with Crippen LogP contribution in [0, 0.1) is 27.7 Å². The summed E-state index contributed by atoms with van der Waals surface area (Å²) < 4.78 is 6.10. The molecule has 3 nitrogen and oxygen atoms in total. The summed E-state index contributed by atoms with van der Waals surface area (Å²) >= 11 is 0. The topological polar surface area (TPSA) is 38.3 Å². The van der Waals surface area contributed by atoms with Crippen molar-refractivity contribution in [1.82, 2.24) is 5.32 Å². The molecule has 0 bridgehead atoms. The number of carbonyl (C=O) groups is 1. The van der Waals surface area contributed by atoms with Gasteiger partial charge in [-0.05, 0) is 107 Å². The smallest absolute Gasteiger partial charge is 0.252 e. The molecule has 4 rings (SSSR count). The zero-order valence-electron chi connectivity index (χ0n) is 16.8. The summed E-state index contributed by atoms with van der Waals surface area (Å²) in [6.45, 7) is 11.7. The lowest BCUT2D eigenvalue weighted by Gasteiger charge is -2.43. The van der Waals surface area contributed by atoms with Crippen LogP contribution in [0.25, 0.3) is 5.57 Å². The van der Waals surface area contributed by atoms with E-state index >= 15 is 0 Å². The van der Waals surface area contributed by atoms with Gasteiger partial charge in [0, 0.05) is 12.2 Å². The molecular weight excluding hydrogens is 322 g/mol. The van der Waals surface area contributed by atoms with E-state index < -0.39 is 0 Å². The van der Waals surface area contributed by atoms with Gasteiger partial charge in [0.2, 0.25) is 0 Å². The van der Waals surface area contributed by atoms with Crippen molar-refractivity contribution in [1.29, 1.82) is 0 Å². The maximum atomic E-state index is 13.1. The van der Waals surface area contributed by atoms with Crippen molar-refractivity contribution in [3.63, 3.8) is 0 Å². The SMILES string of the molecule is CC1=C(c2c(C)cc(C)c(C)c2C)C(=O)NC12CCC1(CCCO1)CC2. The first kappa shape index (κ1) is 17.8. The standard InChI is InChI=1S/C23H31NO2/c1-14-13-15(2)19(17(4)16(14)3)20-18(5)23(24-21(20)25)10-8-22(9-11-23)7-6-12-26-22/h13H,6-12H2,1-5H3,(H,24,25). The molecule has 3 aliphatic rings. The molecule has 1 aromatic rings.